The van der Waals surface area contributed by atoms with Crippen LogP contribution in [-0.2, 0) is 0 Å². The maximum absolute atomic E-state index is 13.9. The molecule has 160 valence electrons. The molecule has 2 rings (SSSR count). The summed E-state index contributed by atoms with van der Waals surface area (Å²) in [4.78, 5) is 13.0. The summed E-state index contributed by atoms with van der Waals surface area (Å²) in [5.41, 5.74) is 0. The Kier molecular flexibility index (Phi) is 12.4. The van der Waals surface area contributed by atoms with Crippen LogP contribution in [0.1, 0.15) is 39.5 Å². The Morgan fingerprint density at radius 2 is 2.07 bits per heavy atom. The molecular formula is C20H36FIN6. The van der Waals surface area contributed by atoms with Gasteiger partial charge in [-0.25, -0.2) is 9.37 Å². The zero-order chi connectivity index (χ0) is 19.5. The number of nitrogens with zero attached hydrogens (tertiary/aromatic N) is 4. The van der Waals surface area contributed by atoms with Gasteiger partial charge in [-0.05, 0) is 57.5 Å². The van der Waals surface area contributed by atoms with Crippen molar-refractivity contribution in [2.45, 2.75) is 45.6 Å². The first-order valence-corrected chi connectivity index (χ1v) is 10.2. The Labute approximate surface area is 186 Å². The molecule has 1 aliphatic rings. The van der Waals surface area contributed by atoms with Crippen LogP contribution < -0.4 is 15.5 Å². The molecule has 1 aromatic heterocycles. The Bertz CT molecular complexity index is 580. The Hall–Kier alpha value is -1.16. The highest BCUT2D eigenvalue weighted by molar-refractivity contribution is 14.0. The quantitative estimate of drug-likeness (QED) is 0.221. The van der Waals surface area contributed by atoms with E-state index in [4.69, 9.17) is 0 Å². The fraction of sp³-hybridized carbons (Fsp3) is 0.700. The van der Waals surface area contributed by atoms with Crippen LogP contribution in [0.4, 0.5) is 10.2 Å². The smallest absolute Gasteiger partial charge is 0.191 e. The minimum Gasteiger partial charge on any atom is -0.356 e. The summed E-state index contributed by atoms with van der Waals surface area (Å²) in [5.74, 6) is 1.00. The predicted molar refractivity (Wildman–Crippen MR) is 126 cm³/mol. The second-order valence-electron chi connectivity index (χ2n) is 7.08. The number of rotatable bonds is 10. The Morgan fingerprint density at radius 3 is 2.71 bits per heavy atom. The van der Waals surface area contributed by atoms with E-state index in [1.165, 1.54) is 32.0 Å². The molecule has 1 saturated heterocycles. The van der Waals surface area contributed by atoms with Gasteiger partial charge in [0.1, 0.15) is 0 Å². The van der Waals surface area contributed by atoms with Crippen molar-refractivity contribution < 1.29 is 4.39 Å². The van der Waals surface area contributed by atoms with Gasteiger partial charge >= 0.3 is 0 Å². The normalized spacial score (nSPS) is 17.0. The van der Waals surface area contributed by atoms with E-state index in [-0.39, 0.29) is 35.8 Å². The fourth-order valence-corrected chi connectivity index (χ4v) is 3.55. The third-order valence-electron chi connectivity index (χ3n) is 4.81. The molecule has 28 heavy (non-hydrogen) atoms. The van der Waals surface area contributed by atoms with E-state index in [2.05, 4.69) is 39.4 Å². The Morgan fingerprint density at radius 1 is 1.32 bits per heavy atom. The number of aromatic nitrogens is 1. The molecule has 0 spiro atoms. The maximum atomic E-state index is 13.9. The van der Waals surface area contributed by atoms with Crippen LogP contribution in [0.25, 0.3) is 0 Å². The van der Waals surface area contributed by atoms with Crippen LogP contribution in [0, 0.1) is 5.82 Å². The lowest BCUT2D eigenvalue weighted by molar-refractivity contribution is 0.271. The van der Waals surface area contributed by atoms with Crippen molar-refractivity contribution in [3.8, 4) is 0 Å². The summed E-state index contributed by atoms with van der Waals surface area (Å²) in [7, 11) is 1.79. The molecule has 0 aliphatic carbocycles. The number of halogens is 2. The molecule has 1 aromatic rings. The lowest BCUT2D eigenvalue weighted by atomic mass is 10.3. The SMILES string of the molecule is CCCN(CCC)CCCNC(=NC)NC1CCN(c2ncccc2F)C1.I. The lowest BCUT2D eigenvalue weighted by Gasteiger charge is -2.22. The first kappa shape index (κ1) is 24.9. The van der Waals surface area contributed by atoms with Gasteiger partial charge in [0, 0.05) is 38.9 Å². The average Bonchev–Trinajstić information content (AvgIpc) is 3.13. The topological polar surface area (TPSA) is 55.8 Å². The van der Waals surface area contributed by atoms with E-state index in [0.29, 0.717) is 5.82 Å². The molecule has 1 atom stereocenters. The maximum Gasteiger partial charge on any atom is 0.191 e. The minimum atomic E-state index is -0.260. The average molecular weight is 506 g/mol. The molecule has 0 saturated carbocycles. The molecule has 2 N–H and O–H groups in total. The van der Waals surface area contributed by atoms with Gasteiger partial charge in [-0.15, -0.1) is 24.0 Å². The van der Waals surface area contributed by atoms with Crippen LogP contribution in [0.3, 0.4) is 0 Å². The van der Waals surface area contributed by atoms with Gasteiger partial charge in [0.15, 0.2) is 17.6 Å². The van der Waals surface area contributed by atoms with Crippen LogP contribution >= 0.6 is 24.0 Å². The van der Waals surface area contributed by atoms with Gasteiger partial charge < -0.3 is 20.4 Å². The van der Waals surface area contributed by atoms with Gasteiger partial charge in [-0.1, -0.05) is 13.8 Å². The molecule has 0 amide bonds. The van der Waals surface area contributed by atoms with Crippen LogP contribution in [0.15, 0.2) is 23.3 Å². The van der Waals surface area contributed by atoms with E-state index in [9.17, 15) is 4.39 Å². The molecule has 6 nitrogen and oxygen atoms in total. The van der Waals surface area contributed by atoms with Crippen LogP contribution in [0.2, 0.25) is 0 Å². The molecule has 1 unspecified atom stereocenters. The molecule has 8 heteroatoms. The van der Waals surface area contributed by atoms with Crippen molar-refractivity contribution in [3.05, 3.63) is 24.1 Å². The first-order valence-electron chi connectivity index (χ1n) is 10.2. The summed E-state index contributed by atoms with van der Waals surface area (Å²) in [6.45, 7) is 10.3. The largest absolute Gasteiger partial charge is 0.356 e. The highest BCUT2D eigenvalue weighted by Gasteiger charge is 2.25. The number of nitrogens with one attached hydrogen (secondary N) is 2. The van der Waals surface area contributed by atoms with Crippen molar-refractivity contribution in [3.63, 3.8) is 0 Å². The van der Waals surface area contributed by atoms with E-state index < -0.39 is 0 Å². The third-order valence-corrected chi connectivity index (χ3v) is 4.81. The number of guanidine groups is 1. The minimum absolute atomic E-state index is 0. The van der Waals surface area contributed by atoms with Crippen molar-refractivity contribution in [1.29, 1.82) is 0 Å². The zero-order valence-corrected chi connectivity index (χ0v) is 19.8. The molecular weight excluding hydrogens is 470 g/mol. The predicted octanol–water partition coefficient (Wildman–Crippen LogP) is 3.09. The van der Waals surface area contributed by atoms with E-state index in [0.717, 1.165) is 45.0 Å². The molecule has 2 heterocycles. The first-order chi connectivity index (χ1) is 13.2. The highest BCUT2D eigenvalue weighted by Crippen LogP contribution is 2.20. The molecule has 0 bridgehead atoms. The van der Waals surface area contributed by atoms with Gasteiger partial charge in [-0.3, -0.25) is 4.99 Å². The van der Waals surface area contributed by atoms with E-state index in [1.54, 1.807) is 19.3 Å². The van der Waals surface area contributed by atoms with E-state index in [1.807, 2.05) is 4.90 Å². The fourth-order valence-electron chi connectivity index (χ4n) is 3.55. The summed E-state index contributed by atoms with van der Waals surface area (Å²) in [5, 5.41) is 6.86. The van der Waals surface area contributed by atoms with E-state index >= 15 is 0 Å². The van der Waals surface area contributed by atoms with Gasteiger partial charge in [0.25, 0.3) is 0 Å². The monoisotopic (exact) mass is 506 g/mol. The van der Waals surface area contributed by atoms with Gasteiger partial charge in [-0.2, -0.15) is 0 Å². The third kappa shape index (κ3) is 8.06. The summed E-state index contributed by atoms with van der Waals surface area (Å²) >= 11 is 0. The lowest BCUT2D eigenvalue weighted by Crippen LogP contribution is -2.45. The summed E-state index contributed by atoms with van der Waals surface area (Å²) < 4.78 is 13.9. The van der Waals surface area contributed by atoms with Crippen LogP contribution in [-0.4, -0.2) is 68.2 Å². The van der Waals surface area contributed by atoms with Crippen molar-refractivity contribution in [1.82, 2.24) is 20.5 Å². The summed E-state index contributed by atoms with van der Waals surface area (Å²) in [6, 6.07) is 3.33. The number of anilines is 1. The van der Waals surface area contributed by atoms with Crippen LogP contribution in [0.5, 0.6) is 0 Å². The second kappa shape index (κ2) is 13.9. The van der Waals surface area contributed by atoms with Gasteiger partial charge in [0.05, 0.1) is 0 Å². The number of pyridine rings is 1. The molecule has 1 fully saturated rings. The molecule has 0 radical (unpaired) electrons. The van der Waals surface area contributed by atoms with Gasteiger partial charge in [0.2, 0.25) is 0 Å². The number of hydrogen-bond acceptors (Lipinski definition) is 4. The van der Waals surface area contributed by atoms with Crippen molar-refractivity contribution >= 4 is 35.8 Å². The van der Waals surface area contributed by atoms with Crippen molar-refractivity contribution in [2.24, 2.45) is 4.99 Å². The highest BCUT2D eigenvalue weighted by atomic mass is 127. The Balaban J connectivity index is 0.00000392. The number of hydrogen-bond donors (Lipinski definition) is 2. The molecule has 1 aliphatic heterocycles. The summed E-state index contributed by atoms with van der Waals surface area (Å²) in [6.07, 6.45) is 6.07. The molecule has 0 aromatic carbocycles. The van der Waals surface area contributed by atoms with Crippen molar-refractivity contribution in [2.75, 3.05) is 51.2 Å². The second-order valence-corrected chi connectivity index (χ2v) is 7.08. The standard InChI is InChI=1S/C20H35FN6.HI/c1-4-12-26(13-5-2)14-7-11-24-20(22-3)25-17-9-15-27(16-17)19-18(21)8-6-10-23-19;/h6,8,10,17H,4-5,7,9,11-16H2,1-3H3,(H2,22,24,25);1H. The zero-order valence-electron chi connectivity index (χ0n) is 17.5. The number of aliphatic imine (C=N–C) groups is 1.